The van der Waals surface area contributed by atoms with Gasteiger partial charge in [0.25, 0.3) is 5.91 Å². The van der Waals surface area contributed by atoms with E-state index in [0.29, 0.717) is 0 Å². The third-order valence-electron chi connectivity index (χ3n) is 2.38. The van der Waals surface area contributed by atoms with Crippen LogP contribution >= 0.6 is 0 Å². The Morgan fingerprint density at radius 3 is 2.00 bits per heavy atom. The standard InChI is InChI=1S/C12H11NO7/c14-9(15)5-8(12(19)20)13-10(16)6-3-1-2-4-7(6)11(17)18/h1-4,8H,5H2,(H,13,16)(H,14,15)(H,17,18)(H,19,20)/t8-/m0/s1. The minimum Gasteiger partial charge on any atom is -0.481 e. The van der Waals surface area contributed by atoms with Crippen LogP contribution in [-0.4, -0.2) is 45.2 Å². The number of carbonyl (C=O) groups is 4. The van der Waals surface area contributed by atoms with Gasteiger partial charge < -0.3 is 20.6 Å². The lowest BCUT2D eigenvalue weighted by Crippen LogP contribution is -2.42. The molecule has 1 aromatic rings. The van der Waals surface area contributed by atoms with Crippen molar-refractivity contribution in [2.45, 2.75) is 12.5 Å². The van der Waals surface area contributed by atoms with E-state index >= 15 is 0 Å². The van der Waals surface area contributed by atoms with Crippen LogP contribution in [0.25, 0.3) is 0 Å². The van der Waals surface area contributed by atoms with Gasteiger partial charge in [0.05, 0.1) is 17.5 Å². The second-order valence-electron chi connectivity index (χ2n) is 3.81. The van der Waals surface area contributed by atoms with Gasteiger partial charge in [0, 0.05) is 0 Å². The second-order valence-corrected chi connectivity index (χ2v) is 3.81. The molecule has 0 bridgehead atoms. The van der Waals surface area contributed by atoms with E-state index < -0.39 is 36.3 Å². The van der Waals surface area contributed by atoms with E-state index in [1.54, 1.807) is 0 Å². The maximum absolute atomic E-state index is 11.8. The molecule has 106 valence electrons. The first-order valence-electron chi connectivity index (χ1n) is 5.40. The van der Waals surface area contributed by atoms with Crippen LogP contribution in [0.15, 0.2) is 24.3 Å². The average Bonchev–Trinajstić information content (AvgIpc) is 2.37. The fourth-order valence-corrected chi connectivity index (χ4v) is 1.48. The SMILES string of the molecule is O=C(O)C[C@H](NC(=O)c1ccccc1C(=O)O)C(=O)O. The first-order valence-corrected chi connectivity index (χ1v) is 5.40. The Labute approximate surface area is 112 Å². The van der Waals surface area contributed by atoms with Crippen molar-refractivity contribution in [2.24, 2.45) is 0 Å². The molecule has 20 heavy (non-hydrogen) atoms. The predicted molar refractivity (Wildman–Crippen MR) is 64.5 cm³/mol. The smallest absolute Gasteiger partial charge is 0.336 e. The van der Waals surface area contributed by atoms with Gasteiger partial charge in [-0.3, -0.25) is 9.59 Å². The van der Waals surface area contributed by atoms with Crippen LogP contribution in [0.5, 0.6) is 0 Å². The van der Waals surface area contributed by atoms with Crippen LogP contribution in [0.3, 0.4) is 0 Å². The fourth-order valence-electron chi connectivity index (χ4n) is 1.48. The van der Waals surface area contributed by atoms with Gasteiger partial charge >= 0.3 is 17.9 Å². The van der Waals surface area contributed by atoms with Crippen LogP contribution in [0.1, 0.15) is 27.1 Å². The molecule has 0 aliphatic rings. The van der Waals surface area contributed by atoms with Gasteiger partial charge in [-0.2, -0.15) is 0 Å². The fraction of sp³-hybridized carbons (Fsp3) is 0.167. The first-order chi connectivity index (χ1) is 9.32. The Hall–Kier alpha value is -2.90. The molecular formula is C12H11NO7. The highest BCUT2D eigenvalue weighted by atomic mass is 16.4. The highest BCUT2D eigenvalue weighted by Gasteiger charge is 2.25. The summed E-state index contributed by atoms with van der Waals surface area (Å²) in [7, 11) is 0. The van der Waals surface area contributed by atoms with Crippen molar-refractivity contribution in [3.8, 4) is 0 Å². The lowest BCUT2D eigenvalue weighted by molar-refractivity contribution is -0.145. The van der Waals surface area contributed by atoms with Crippen LogP contribution in [0.2, 0.25) is 0 Å². The molecule has 0 spiro atoms. The van der Waals surface area contributed by atoms with Crippen molar-refractivity contribution in [3.05, 3.63) is 35.4 Å². The molecule has 0 unspecified atom stereocenters. The number of hydrogen-bond donors (Lipinski definition) is 4. The maximum Gasteiger partial charge on any atom is 0.336 e. The summed E-state index contributed by atoms with van der Waals surface area (Å²) in [5, 5.41) is 28.2. The van der Waals surface area contributed by atoms with Gasteiger partial charge in [-0.25, -0.2) is 9.59 Å². The third-order valence-corrected chi connectivity index (χ3v) is 2.38. The molecule has 8 nitrogen and oxygen atoms in total. The van der Waals surface area contributed by atoms with Crippen molar-refractivity contribution >= 4 is 23.8 Å². The summed E-state index contributed by atoms with van der Waals surface area (Å²) in [6, 6.07) is 3.57. The summed E-state index contributed by atoms with van der Waals surface area (Å²) in [4.78, 5) is 44.1. The molecule has 0 aliphatic carbocycles. The number of nitrogens with one attached hydrogen (secondary N) is 1. The Bertz CT molecular complexity index is 567. The molecule has 8 heteroatoms. The molecule has 0 fully saturated rings. The lowest BCUT2D eigenvalue weighted by Gasteiger charge is -2.13. The average molecular weight is 281 g/mol. The lowest BCUT2D eigenvalue weighted by atomic mass is 10.1. The molecule has 0 aromatic heterocycles. The van der Waals surface area contributed by atoms with Gasteiger partial charge in [0.1, 0.15) is 6.04 Å². The van der Waals surface area contributed by atoms with Crippen LogP contribution in [0.4, 0.5) is 0 Å². The molecule has 1 aromatic carbocycles. The van der Waals surface area contributed by atoms with Crippen LogP contribution < -0.4 is 5.32 Å². The van der Waals surface area contributed by atoms with Gasteiger partial charge in [-0.15, -0.1) is 0 Å². The van der Waals surface area contributed by atoms with Gasteiger partial charge in [-0.05, 0) is 12.1 Å². The minimum absolute atomic E-state index is 0.239. The Morgan fingerprint density at radius 1 is 1.00 bits per heavy atom. The van der Waals surface area contributed by atoms with Gasteiger partial charge in [-0.1, -0.05) is 12.1 Å². The van der Waals surface area contributed by atoms with E-state index in [0.717, 1.165) is 0 Å². The van der Waals surface area contributed by atoms with E-state index in [2.05, 4.69) is 0 Å². The zero-order valence-corrected chi connectivity index (χ0v) is 10.1. The minimum atomic E-state index is -1.64. The zero-order valence-electron chi connectivity index (χ0n) is 10.1. The number of rotatable bonds is 6. The monoisotopic (exact) mass is 281 g/mol. The molecule has 1 amide bonds. The van der Waals surface area contributed by atoms with E-state index in [9.17, 15) is 19.2 Å². The molecule has 0 radical (unpaired) electrons. The molecule has 1 rings (SSSR count). The summed E-state index contributed by atoms with van der Waals surface area (Å²) < 4.78 is 0. The predicted octanol–water partition coefficient (Wildman–Crippen LogP) is 0.0425. The molecule has 0 aliphatic heterocycles. The van der Waals surface area contributed by atoms with E-state index in [1.165, 1.54) is 24.3 Å². The molecular weight excluding hydrogens is 270 g/mol. The molecule has 1 atom stereocenters. The summed E-state index contributed by atoms with van der Waals surface area (Å²) in [5.74, 6) is -5.23. The van der Waals surface area contributed by atoms with Crippen molar-refractivity contribution in [2.75, 3.05) is 0 Å². The molecule has 0 saturated carbocycles. The van der Waals surface area contributed by atoms with Crippen molar-refractivity contribution in [3.63, 3.8) is 0 Å². The van der Waals surface area contributed by atoms with Crippen molar-refractivity contribution in [1.29, 1.82) is 0 Å². The van der Waals surface area contributed by atoms with Crippen LogP contribution in [0, 0.1) is 0 Å². The Kier molecular flexibility index (Phi) is 4.79. The quantitative estimate of drug-likeness (QED) is 0.576. The molecule has 4 N–H and O–H groups in total. The van der Waals surface area contributed by atoms with Crippen molar-refractivity contribution in [1.82, 2.24) is 5.32 Å². The maximum atomic E-state index is 11.8. The Morgan fingerprint density at radius 2 is 1.55 bits per heavy atom. The number of carboxylic acids is 3. The summed E-state index contributed by atoms with van der Waals surface area (Å²) in [5.41, 5.74) is -0.541. The van der Waals surface area contributed by atoms with E-state index in [4.69, 9.17) is 15.3 Å². The van der Waals surface area contributed by atoms with Gasteiger partial charge in [0.15, 0.2) is 0 Å². The van der Waals surface area contributed by atoms with E-state index in [1.807, 2.05) is 5.32 Å². The molecule has 0 heterocycles. The first kappa shape index (κ1) is 15.2. The second kappa shape index (κ2) is 6.32. The third kappa shape index (κ3) is 3.80. The van der Waals surface area contributed by atoms with E-state index in [-0.39, 0.29) is 11.1 Å². The summed E-state index contributed by atoms with van der Waals surface area (Å²) in [6.45, 7) is 0. The number of carboxylic acid groups (broad SMARTS) is 3. The largest absolute Gasteiger partial charge is 0.481 e. The number of amides is 1. The zero-order chi connectivity index (χ0) is 15.3. The van der Waals surface area contributed by atoms with Gasteiger partial charge in [0.2, 0.25) is 0 Å². The molecule has 0 saturated heterocycles. The number of aliphatic carboxylic acids is 2. The summed E-state index contributed by atoms with van der Waals surface area (Å²) >= 11 is 0. The highest BCUT2D eigenvalue weighted by Crippen LogP contribution is 2.09. The number of hydrogen-bond acceptors (Lipinski definition) is 4. The Balaban J connectivity index is 2.98. The highest BCUT2D eigenvalue weighted by molar-refractivity contribution is 6.05. The van der Waals surface area contributed by atoms with Crippen molar-refractivity contribution < 1.29 is 34.5 Å². The van der Waals surface area contributed by atoms with Crippen LogP contribution in [-0.2, 0) is 9.59 Å². The summed E-state index contributed by atoms with van der Waals surface area (Å²) in [6.07, 6.45) is -0.809. The number of carbonyl (C=O) groups excluding carboxylic acids is 1. The topological polar surface area (TPSA) is 141 Å². The normalized spacial score (nSPS) is 11.4. The number of benzene rings is 1. The number of aromatic carboxylic acids is 1.